The molecule has 0 saturated carbocycles. The number of benzene rings is 1. The van der Waals surface area contributed by atoms with Crippen LogP contribution in [-0.4, -0.2) is 27.4 Å². The summed E-state index contributed by atoms with van der Waals surface area (Å²) in [5, 5.41) is 13.6. The molecule has 0 saturated heterocycles. The van der Waals surface area contributed by atoms with Gasteiger partial charge in [0.25, 0.3) is 0 Å². The molecule has 0 unspecified atom stereocenters. The summed E-state index contributed by atoms with van der Waals surface area (Å²) in [6.45, 7) is 2.48. The van der Waals surface area contributed by atoms with Crippen LogP contribution in [0.15, 0.2) is 34.8 Å². The van der Waals surface area contributed by atoms with Crippen molar-refractivity contribution < 1.29 is 9.90 Å². The molecule has 5 nitrogen and oxygen atoms in total. The molecule has 0 atom stereocenters. The minimum absolute atomic E-state index is 0.0525. The zero-order valence-electron chi connectivity index (χ0n) is 12.1. The number of carboxylic acids is 1. The van der Waals surface area contributed by atoms with Crippen molar-refractivity contribution in [2.45, 2.75) is 19.9 Å². The van der Waals surface area contributed by atoms with Crippen molar-refractivity contribution in [3.8, 4) is 0 Å². The molecular formula is C15H18BrN3O2. The Morgan fingerprint density at radius 1 is 1.38 bits per heavy atom. The fourth-order valence-electron chi connectivity index (χ4n) is 2.21. The second kappa shape index (κ2) is 6.76. The Morgan fingerprint density at radius 2 is 2.05 bits per heavy atom. The van der Waals surface area contributed by atoms with Crippen LogP contribution in [0.1, 0.15) is 18.3 Å². The highest BCUT2D eigenvalue weighted by atomic mass is 79.9. The summed E-state index contributed by atoms with van der Waals surface area (Å²) in [5.74, 6) is -0.854. The molecule has 0 aliphatic rings. The summed E-state index contributed by atoms with van der Waals surface area (Å²) in [7, 11) is 1.88. The van der Waals surface area contributed by atoms with Crippen LogP contribution in [0.25, 0.3) is 0 Å². The predicted octanol–water partition coefficient (Wildman–Crippen LogP) is 2.84. The maximum atomic E-state index is 11.1. The third-order valence-electron chi connectivity index (χ3n) is 3.29. The number of aryl methyl sites for hydroxylation is 2. The van der Waals surface area contributed by atoms with E-state index in [1.807, 2.05) is 49.2 Å². The summed E-state index contributed by atoms with van der Waals surface area (Å²) >= 11 is 3.57. The van der Waals surface area contributed by atoms with Crippen LogP contribution in [0.5, 0.6) is 0 Å². The third kappa shape index (κ3) is 3.64. The quantitative estimate of drug-likeness (QED) is 0.869. The summed E-state index contributed by atoms with van der Waals surface area (Å²) in [5.41, 5.74) is 2.83. The highest BCUT2D eigenvalue weighted by molar-refractivity contribution is 9.10. The first-order chi connectivity index (χ1) is 10.0. The van der Waals surface area contributed by atoms with Crippen LogP contribution in [0, 0.1) is 0 Å². The van der Waals surface area contributed by atoms with Gasteiger partial charge in [0.2, 0.25) is 0 Å². The van der Waals surface area contributed by atoms with Gasteiger partial charge in [0, 0.05) is 12.7 Å². The van der Waals surface area contributed by atoms with E-state index in [2.05, 4.69) is 21.0 Å². The Bertz CT molecular complexity index is 625. The second-order valence-electron chi connectivity index (χ2n) is 4.77. The number of halogens is 1. The number of nitrogens with zero attached hydrogens (tertiary/aromatic N) is 3. The van der Waals surface area contributed by atoms with Gasteiger partial charge in [-0.1, -0.05) is 25.1 Å². The zero-order chi connectivity index (χ0) is 15.4. The van der Waals surface area contributed by atoms with Crippen LogP contribution in [0.2, 0.25) is 0 Å². The lowest BCUT2D eigenvalue weighted by molar-refractivity contribution is -0.135. The van der Waals surface area contributed by atoms with Gasteiger partial charge in [-0.05, 0) is 34.5 Å². The van der Waals surface area contributed by atoms with Crippen molar-refractivity contribution in [3.05, 3.63) is 46.2 Å². The van der Waals surface area contributed by atoms with E-state index in [1.165, 1.54) is 0 Å². The SMILES string of the molecule is CCc1nn(C)c(CN(CC(=O)O)c2ccccc2)c1Br. The average Bonchev–Trinajstić information content (AvgIpc) is 2.74. The van der Waals surface area contributed by atoms with E-state index in [4.69, 9.17) is 5.11 Å². The number of hydrogen-bond donors (Lipinski definition) is 1. The molecule has 0 fully saturated rings. The molecule has 0 radical (unpaired) electrons. The molecule has 21 heavy (non-hydrogen) atoms. The number of para-hydroxylation sites is 1. The van der Waals surface area contributed by atoms with E-state index in [0.29, 0.717) is 6.54 Å². The maximum Gasteiger partial charge on any atom is 0.323 e. The Morgan fingerprint density at radius 3 is 2.57 bits per heavy atom. The third-order valence-corrected chi connectivity index (χ3v) is 4.21. The predicted molar refractivity (Wildman–Crippen MR) is 85.4 cm³/mol. The van der Waals surface area contributed by atoms with E-state index >= 15 is 0 Å². The molecule has 1 aromatic carbocycles. The van der Waals surface area contributed by atoms with Gasteiger partial charge in [-0.2, -0.15) is 5.10 Å². The van der Waals surface area contributed by atoms with Gasteiger partial charge in [0.05, 0.1) is 22.4 Å². The summed E-state index contributed by atoms with van der Waals surface area (Å²) in [6.07, 6.45) is 0.832. The van der Waals surface area contributed by atoms with E-state index in [9.17, 15) is 4.79 Å². The first kappa shape index (κ1) is 15.6. The standard InChI is InChI=1S/C15H18BrN3O2/c1-3-12-15(16)13(18(2)17-12)9-19(10-14(20)21)11-7-5-4-6-8-11/h4-8H,3,9-10H2,1-2H3,(H,20,21). The van der Waals surface area contributed by atoms with Crippen molar-refractivity contribution in [2.24, 2.45) is 7.05 Å². The first-order valence-corrected chi connectivity index (χ1v) is 7.54. The van der Waals surface area contributed by atoms with Gasteiger partial charge in [0.1, 0.15) is 6.54 Å². The lowest BCUT2D eigenvalue weighted by Crippen LogP contribution is -2.30. The van der Waals surface area contributed by atoms with Gasteiger partial charge >= 0.3 is 5.97 Å². The molecule has 1 N–H and O–H groups in total. The van der Waals surface area contributed by atoms with Crippen LogP contribution < -0.4 is 4.90 Å². The number of hydrogen-bond acceptors (Lipinski definition) is 3. The summed E-state index contributed by atoms with van der Waals surface area (Å²) in [6, 6.07) is 9.54. The Balaban J connectivity index is 2.31. The van der Waals surface area contributed by atoms with Gasteiger partial charge in [-0.15, -0.1) is 0 Å². The number of aromatic nitrogens is 2. The maximum absolute atomic E-state index is 11.1. The zero-order valence-corrected chi connectivity index (χ0v) is 13.7. The molecule has 2 rings (SSSR count). The van der Waals surface area contributed by atoms with Crippen molar-refractivity contribution in [1.82, 2.24) is 9.78 Å². The Labute approximate surface area is 132 Å². The average molecular weight is 352 g/mol. The van der Waals surface area contributed by atoms with Crippen molar-refractivity contribution in [2.75, 3.05) is 11.4 Å². The molecule has 1 aromatic heterocycles. The monoisotopic (exact) mass is 351 g/mol. The van der Waals surface area contributed by atoms with E-state index in [0.717, 1.165) is 28.0 Å². The van der Waals surface area contributed by atoms with Crippen molar-refractivity contribution >= 4 is 27.6 Å². The van der Waals surface area contributed by atoms with E-state index in [-0.39, 0.29) is 6.54 Å². The second-order valence-corrected chi connectivity index (χ2v) is 5.56. The smallest absolute Gasteiger partial charge is 0.323 e. The molecule has 6 heteroatoms. The molecule has 112 valence electrons. The van der Waals surface area contributed by atoms with Gasteiger partial charge < -0.3 is 10.0 Å². The molecule has 0 spiro atoms. The number of aliphatic carboxylic acids is 1. The van der Waals surface area contributed by atoms with Gasteiger partial charge in [-0.25, -0.2) is 0 Å². The minimum Gasteiger partial charge on any atom is -0.480 e. The highest BCUT2D eigenvalue weighted by Crippen LogP contribution is 2.25. The molecule has 2 aromatic rings. The first-order valence-electron chi connectivity index (χ1n) is 6.75. The lowest BCUT2D eigenvalue weighted by atomic mass is 10.2. The molecule has 1 heterocycles. The molecule has 0 amide bonds. The fraction of sp³-hybridized carbons (Fsp3) is 0.333. The summed E-state index contributed by atoms with van der Waals surface area (Å²) in [4.78, 5) is 13.0. The lowest BCUT2D eigenvalue weighted by Gasteiger charge is -2.23. The fourth-order valence-corrected chi connectivity index (χ4v) is 2.95. The van der Waals surface area contributed by atoms with Crippen molar-refractivity contribution in [3.63, 3.8) is 0 Å². The normalized spacial score (nSPS) is 10.6. The molecule has 0 aliphatic heterocycles. The van der Waals surface area contributed by atoms with Crippen LogP contribution in [-0.2, 0) is 24.8 Å². The number of anilines is 1. The largest absolute Gasteiger partial charge is 0.480 e. The van der Waals surface area contributed by atoms with Gasteiger partial charge in [-0.3, -0.25) is 9.48 Å². The van der Waals surface area contributed by atoms with Crippen LogP contribution >= 0.6 is 15.9 Å². The van der Waals surface area contributed by atoms with Crippen LogP contribution in [0.3, 0.4) is 0 Å². The summed E-state index contributed by atoms with van der Waals surface area (Å²) < 4.78 is 2.76. The highest BCUT2D eigenvalue weighted by Gasteiger charge is 2.18. The minimum atomic E-state index is -0.854. The number of carboxylic acid groups (broad SMARTS) is 1. The van der Waals surface area contributed by atoms with E-state index < -0.39 is 5.97 Å². The van der Waals surface area contributed by atoms with E-state index in [1.54, 1.807) is 4.68 Å². The van der Waals surface area contributed by atoms with Crippen LogP contribution in [0.4, 0.5) is 5.69 Å². The molecule has 0 bridgehead atoms. The molecular weight excluding hydrogens is 334 g/mol. The number of carbonyl (C=O) groups is 1. The van der Waals surface area contributed by atoms with Gasteiger partial charge in [0.15, 0.2) is 0 Å². The Hall–Kier alpha value is -1.82. The number of rotatable bonds is 6. The molecule has 0 aliphatic carbocycles. The Kier molecular flexibility index (Phi) is 5.01. The topological polar surface area (TPSA) is 58.4 Å². The van der Waals surface area contributed by atoms with Crippen molar-refractivity contribution in [1.29, 1.82) is 0 Å².